The highest BCUT2D eigenvalue weighted by Gasteiger charge is 2.19. The minimum atomic E-state index is -0.402. The smallest absolute Gasteiger partial charge is 0.270 e. The van der Waals surface area contributed by atoms with Crippen LogP contribution in [0, 0.1) is 10.1 Å². The Kier molecular flexibility index (Phi) is 3.64. The summed E-state index contributed by atoms with van der Waals surface area (Å²) in [6.07, 6.45) is 2.50. The van der Waals surface area contributed by atoms with Crippen molar-refractivity contribution in [3.05, 3.63) is 69.8 Å². The van der Waals surface area contributed by atoms with E-state index in [1.165, 1.54) is 12.1 Å². The van der Waals surface area contributed by atoms with Gasteiger partial charge in [-0.2, -0.15) is 0 Å². The summed E-state index contributed by atoms with van der Waals surface area (Å²) in [5.74, 6) is 0.866. The van der Waals surface area contributed by atoms with Gasteiger partial charge in [0.15, 0.2) is 0 Å². The van der Waals surface area contributed by atoms with Crippen LogP contribution >= 0.6 is 0 Å². The molecular formula is C16H14N2O3. The number of nitro groups is 1. The van der Waals surface area contributed by atoms with Crippen molar-refractivity contribution in [3.63, 3.8) is 0 Å². The van der Waals surface area contributed by atoms with Crippen molar-refractivity contribution < 1.29 is 9.66 Å². The Morgan fingerprint density at radius 1 is 1.24 bits per heavy atom. The molecule has 1 unspecified atom stereocenters. The second kappa shape index (κ2) is 5.75. The summed E-state index contributed by atoms with van der Waals surface area (Å²) in [6.45, 7) is 0.633. The van der Waals surface area contributed by atoms with Crippen molar-refractivity contribution in [3.8, 4) is 5.75 Å². The van der Waals surface area contributed by atoms with Gasteiger partial charge in [0.25, 0.3) is 5.69 Å². The van der Waals surface area contributed by atoms with Crippen LogP contribution in [-0.4, -0.2) is 17.7 Å². The minimum absolute atomic E-state index is 0.0363. The van der Waals surface area contributed by atoms with Gasteiger partial charge < -0.3 is 4.74 Å². The maximum Gasteiger partial charge on any atom is 0.270 e. The molecule has 0 fully saturated rings. The number of nitrogens with zero attached hydrogens (tertiary/aromatic N) is 2. The average Bonchev–Trinajstić information content (AvgIpc) is 2.53. The van der Waals surface area contributed by atoms with E-state index in [1.54, 1.807) is 12.3 Å². The lowest BCUT2D eigenvalue weighted by molar-refractivity contribution is -0.384. The third kappa shape index (κ3) is 2.91. The molecule has 0 aromatic heterocycles. The largest absolute Gasteiger partial charge is 0.493 e. The predicted octanol–water partition coefficient (Wildman–Crippen LogP) is 3.54. The Balaban J connectivity index is 1.84. The molecular weight excluding hydrogens is 268 g/mol. The molecule has 21 heavy (non-hydrogen) atoms. The van der Waals surface area contributed by atoms with Gasteiger partial charge in [-0.05, 0) is 11.6 Å². The number of benzene rings is 2. The third-order valence-corrected chi connectivity index (χ3v) is 3.41. The number of para-hydroxylation sites is 1. The standard InChI is InChI=1S/C16H14N2O3/c19-18(20)13-5-3-4-12(10-13)11-17-15-8-9-21-16-7-2-1-6-14(15)16/h1-7,10-11,15H,8-9H2/b17-11+. The molecule has 0 spiro atoms. The van der Waals surface area contributed by atoms with Crippen LogP contribution in [0.2, 0.25) is 0 Å². The molecule has 5 nitrogen and oxygen atoms in total. The Morgan fingerprint density at radius 3 is 2.95 bits per heavy atom. The van der Waals surface area contributed by atoms with E-state index in [1.807, 2.05) is 30.3 Å². The van der Waals surface area contributed by atoms with Crippen molar-refractivity contribution in [1.82, 2.24) is 0 Å². The van der Waals surface area contributed by atoms with Crippen LogP contribution in [0.25, 0.3) is 0 Å². The molecule has 0 saturated heterocycles. The first kappa shape index (κ1) is 13.3. The molecule has 0 saturated carbocycles. The molecule has 5 heteroatoms. The van der Waals surface area contributed by atoms with Gasteiger partial charge in [-0.3, -0.25) is 15.1 Å². The van der Waals surface area contributed by atoms with Gasteiger partial charge in [0.05, 0.1) is 17.6 Å². The van der Waals surface area contributed by atoms with Crippen molar-refractivity contribution in [2.45, 2.75) is 12.5 Å². The van der Waals surface area contributed by atoms with E-state index in [0.29, 0.717) is 6.61 Å². The minimum Gasteiger partial charge on any atom is -0.493 e. The molecule has 0 N–H and O–H groups in total. The first-order valence-electron chi connectivity index (χ1n) is 6.73. The molecule has 2 aromatic rings. The molecule has 106 valence electrons. The van der Waals surface area contributed by atoms with Crippen LogP contribution in [0.15, 0.2) is 53.5 Å². The lowest BCUT2D eigenvalue weighted by Gasteiger charge is -2.22. The molecule has 0 aliphatic carbocycles. The average molecular weight is 282 g/mol. The summed E-state index contributed by atoms with van der Waals surface area (Å²) in [5.41, 5.74) is 1.87. The zero-order chi connectivity index (χ0) is 14.7. The number of fused-ring (bicyclic) bond motifs is 1. The summed E-state index contributed by atoms with van der Waals surface area (Å²) in [7, 11) is 0. The monoisotopic (exact) mass is 282 g/mol. The van der Waals surface area contributed by atoms with E-state index < -0.39 is 4.92 Å². The lowest BCUT2D eigenvalue weighted by Crippen LogP contribution is -2.12. The number of ether oxygens (including phenoxy) is 1. The van der Waals surface area contributed by atoms with Crippen molar-refractivity contribution in [2.24, 2.45) is 4.99 Å². The van der Waals surface area contributed by atoms with E-state index in [4.69, 9.17) is 4.74 Å². The number of aliphatic imine (C=N–C) groups is 1. The summed E-state index contributed by atoms with van der Waals surface area (Å²) >= 11 is 0. The van der Waals surface area contributed by atoms with Crippen molar-refractivity contribution in [1.29, 1.82) is 0 Å². The van der Waals surface area contributed by atoms with Crippen molar-refractivity contribution in [2.75, 3.05) is 6.61 Å². The van der Waals surface area contributed by atoms with Crippen LogP contribution < -0.4 is 4.74 Å². The fourth-order valence-corrected chi connectivity index (χ4v) is 2.37. The van der Waals surface area contributed by atoms with Gasteiger partial charge in [0.1, 0.15) is 5.75 Å². The van der Waals surface area contributed by atoms with E-state index in [0.717, 1.165) is 23.3 Å². The van der Waals surface area contributed by atoms with Crippen LogP contribution in [0.1, 0.15) is 23.6 Å². The molecule has 0 bridgehead atoms. The molecule has 1 atom stereocenters. The Bertz CT molecular complexity index is 697. The highest BCUT2D eigenvalue weighted by atomic mass is 16.6. The molecule has 1 aliphatic rings. The fraction of sp³-hybridized carbons (Fsp3) is 0.188. The Morgan fingerprint density at radius 2 is 2.10 bits per heavy atom. The van der Waals surface area contributed by atoms with Gasteiger partial charge in [-0.1, -0.05) is 30.3 Å². The Hall–Kier alpha value is -2.69. The van der Waals surface area contributed by atoms with E-state index in [-0.39, 0.29) is 11.7 Å². The van der Waals surface area contributed by atoms with E-state index in [2.05, 4.69) is 4.99 Å². The molecule has 1 heterocycles. The molecule has 0 amide bonds. The number of rotatable bonds is 3. The van der Waals surface area contributed by atoms with E-state index >= 15 is 0 Å². The van der Waals surface area contributed by atoms with Gasteiger partial charge in [-0.25, -0.2) is 0 Å². The third-order valence-electron chi connectivity index (χ3n) is 3.41. The highest BCUT2D eigenvalue weighted by molar-refractivity contribution is 5.80. The van der Waals surface area contributed by atoms with E-state index in [9.17, 15) is 10.1 Å². The first-order valence-corrected chi connectivity index (χ1v) is 6.73. The summed E-state index contributed by atoms with van der Waals surface area (Å²) in [4.78, 5) is 14.9. The number of hydrogen-bond donors (Lipinski definition) is 0. The fourth-order valence-electron chi connectivity index (χ4n) is 2.37. The molecule has 0 radical (unpaired) electrons. The quantitative estimate of drug-likeness (QED) is 0.491. The van der Waals surface area contributed by atoms with Gasteiger partial charge in [0, 0.05) is 30.3 Å². The van der Waals surface area contributed by atoms with Crippen LogP contribution in [-0.2, 0) is 0 Å². The maximum absolute atomic E-state index is 10.8. The van der Waals surface area contributed by atoms with Gasteiger partial charge in [-0.15, -0.1) is 0 Å². The molecule has 3 rings (SSSR count). The lowest BCUT2D eigenvalue weighted by atomic mass is 10.0. The predicted molar refractivity (Wildman–Crippen MR) is 80.0 cm³/mol. The van der Waals surface area contributed by atoms with Crippen LogP contribution in [0.3, 0.4) is 0 Å². The highest BCUT2D eigenvalue weighted by Crippen LogP contribution is 2.34. The molecule has 2 aromatic carbocycles. The van der Waals surface area contributed by atoms with Crippen LogP contribution in [0.5, 0.6) is 5.75 Å². The number of nitro benzene ring substituents is 1. The summed E-state index contributed by atoms with van der Waals surface area (Å²) < 4.78 is 5.59. The first-order chi connectivity index (χ1) is 10.2. The normalized spacial score (nSPS) is 17.2. The Labute approximate surface area is 122 Å². The van der Waals surface area contributed by atoms with Crippen LogP contribution in [0.4, 0.5) is 5.69 Å². The maximum atomic E-state index is 10.8. The van der Waals surface area contributed by atoms with Gasteiger partial charge >= 0.3 is 0 Å². The second-order valence-corrected chi connectivity index (χ2v) is 4.82. The molecule has 1 aliphatic heterocycles. The number of hydrogen-bond acceptors (Lipinski definition) is 4. The number of non-ortho nitro benzene ring substituents is 1. The zero-order valence-corrected chi connectivity index (χ0v) is 11.3. The van der Waals surface area contributed by atoms with Crippen molar-refractivity contribution >= 4 is 11.9 Å². The topological polar surface area (TPSA) is 64.7 Å². The summed E-state index contributed by atoms with van der Waals surface area (Å²) in [6, 6.07) is 14.3. The SMILES string of the molecule is O=[N+]([O-])c1cccc(/C=N/C2CCOc3ccccc32)c1. The summed E-state index contributed by atoms with van der Waals surface area (Å²) in [5, 5.41) is 10.8. The second-order valence-electron chi connectivity index (χ2n) is 4.82. The van der Waals surface area contributed by atoms with Gasteiger partial charge in [0.2, 0.25) is 0 Å². The zero-order valence-electron chi connectivity index (χ0n) is 11.3.